The normalized spacial score (nSPS) is 18.5. The van der Waals surface area contributed by atoms with Gasteiger partial charge < -0.3 is 10.6 Å². The molecule has 1 fully saturated rings. The molecule has 24 heavy (non-hydrogen) atoms. The fourth-order valence-corrected chi connectivity index (χ4v) is 3.13. The number of nitrogens with one attached hydrogen (secondary N) is 2. The number of nitrogens with zero attached hydrogens (tertiary/aromatic N) is 3. The largest absolute Gasteiger partial charge is 0.356 e. The van der Waals surface area contributed by atoms with E-state index in [1.165, 1.54) is 25.9 Å². The van der Waals surface area contributed by atoms with E-state index in [4.69, 9.17) is 0 Å². The van der Waals surface area contributed by atoms with Crippen LogP contribution in [0.15, 0.2) is 29.4 Å². The smallest absolute Gasteiger partial charge is 0.191 e. The van der Waals surface area contributed by atoms with E-state index < -0.39 is 0 Å². The molecule has 0 unspecified atom stereocenters. The molecule has 2 N–H and O–H groups in total. The van der Waals surface area contributed by atoms with E-state index in [9.17, 15) is 0 Å². The van der Waals surface area contributed by atoms with E-state index in [0.717, 1.165) is 37.1 Å². The quantitative estimate of drug-likeness (QED) is 0.385. The van der Waals surface area contributed by atoms with Gasteiger partial charge in [0.25, 0.3) is 0 Å². The highest BCUT2D eigenvalue weighted by molar-refractivity contribution is 14.0. The number of aliphatic imine (C=N–C) groups is 1. The molecule has 0 aliphatic carbocycles. The third-order valence-corrected chi connectivity index (χ3v) is 4.23. The van der Waals surface area contributed by atoms with Crippen LogP contribution >= 0.6 is 24.0 Å². The first-order valence-electron chi connectivity index (χ1n) is 8.77. The first kappa shape index (κ1) is 21.2. The molecule has 1 saturated heterocycles. The fraction of sp³-hybridized carbons (Fsp3) is 0.667. The molecule has 6 heteroatoms. The van der Waals surface area contributed by atoms with Crippen LogP contribution in [-0.4, -0.2) is 55.1 Å². The predicted octanol–water partition coefficient (Wildman–Crippen LogP) is 2.53. The van der Waals surface area contributed by atoms with Crippen molar-refractivity contribution in [3.8, 4) is 0 Å². The lowest BCUT2D eigenvalue weighted by molar-refractivity contribution is 0.226. The Bertz CT molecular complexity index is 478. The summed E-state index contributed by atoms with van der Waals surface area (Å²) in [4.78, 5) is 11.3. The summed E-state index contributed by atoms with van der Waals surface area (Å²) in [7, 11) is 1.83. The zero-order valence-corrected chi connectivity index (χ0v) is 17.5. The zero-order chi connectivity index (χ0) is 16.5. The molecule has 1 aliphatic rings. The van der Waals surface area contributed by atoms with Gasteiger partial charge in [0, 0.05) is 51.0 Å². The molecule has 2 heterocycles. The summed E-state index contributed by atoms with van der Waals surface area (Å²) in [5, 5.41) is 6.86. The van der Waals surface area contributed by atoms with Crippen LogP contribution in [0.2, 0.25) is 0 Å². The first-order chi connectivity index (χ1) is 11.2. The van der Waals surface area contributed by atoms with Crippen molar-refractivity contribution in [3.05, 3.63) is 30.1 Å². The molecule has 5 nitrogen and oxygen atoms in total. The molecule has 1 aromatic rings. The molecule has 0 radical (unpaired) electrons. The Hall–Kier alpha value is -0.890. The number of guanidine groups is 1. The fourth-order valence-electron chi connectivity index (χ4n) is 3.13. The molecule has 0 amide bonds. The maximum atomic E-state index is 4.34. The topological polar surface area (TPSA) is 52.6 Å². The third-order valence-electron chi connectivity index (χ3n) is 4.23. The maximum absolute atomic E-state index is 4.34. The van der Waals surface area contributed by atoms with Gasteiger partial charge in [0.1, 0.15) is 0 Å². The van der Waals surface area contributed by atoms with Crippen molar-refractivity contribution < 1.29 is 0 Å². The molecule has 0 spiro atoms. The van der Waals surface area contributed by atoms with Gasteiger partial charge in [-0.15, -0.1) is 24.0 Å². The number of aromatic nitrogens is 1. The van der Waals surface area contributed by atoms with Gasteiger partial charge in [-0.2, -0.15) is 0 Å². The molecular formula is C18H32IN5. The Balaban J connectivity index is 0.00000288. The van der Waals surface area contributed by atoms with Crippen molar-refractivity contribution in [1.82, 2.24) is 20.5 Å². The minimum atomic E-state index is 0. The highest BCUT2D eigenvalue weighted by atomic mass is 127. The lowest BCUT2D eigenvalue weighted by atomic mass is 10.1. The molecule has 1 aliphatic heterocycles. The molecule has 2 rings (SSSR count). The van der Waals surface area contributed by atoms with Gasteiger partial charge in [-0.25, -0.2) is 0 Å². The van der Waals surface area contributed by atoms with Crippen LogP contribution < -0.4 is 10.6 Å². The average molecular weight is 445 g/mol. The highest BCUT2D eigenvalue weighted by Crippen LogP contribution is 2.17. The Labute approximate surface area is 163 Å². The molecule has 0 saturated carbocycles. The monoisotopic (exact) mass is 445 g/mol. The van der Waals surface area contributed by atoms with E-state index in [2.05, 4.69) is 45.4 Å². The molecule has 1 aromatic heterocycles. The Kier molecular flexibility index (Phi) is 10.2. The number of hydrogen-bond acceptors (Lipinski definition) is 3. The van der Waals surface area contributed by atoms with Crippen LogP contribution in [0.1, 0.15) is 32.4 Å². The minimum absolute atomic E-state index is 0. The Morgan fingerprint density at radius 1 is 1.38 bits per heavy atom. The van der Waals surface area contributed by atoms with E-state index >= 15 is 0 Å². The second-order valence-corrected chi connectivity index (χ2v) is 6.64. The summed E-state index contributed by atoms with van der Waals surface area (Å²) < 4.78 is 0. The first-order valence-corrected chi connectivity index (χ1v) is 8.77. The van der Waals surface area contributed by atoms with Crippen molar-refractivity contribution >= 4 is 29.9 Å². The maximum Gasteiger partial charge on any atom is 0.191 e. The van der Waals surface area contributed by atoms with Gasteiger partial charge in [0.15, 0.2) is 5.96 Å². The van der Waals surface area contributed by atoms with Crippen LogP contribution in [-0.2, 0) is 6.42 Å². The van der Waals surface area contributed by atoms with Gasteiger partial charge in [0.2, 0.25) is 0 Å². The Morgan fingerprint density at radius 2 is 2.21 bits per heavy atom. The van der Waals surface area contributed by atoms with Gasteiger partial charge in [0.05, 0.1) is 0 Å². The summed E-state index contributed by atoms with van der Waals surface area (Å²) in [6, 6.07) is 6.66. The van der Waals surface area contributed by atoms with E-state index in [0.29, 0.717) is 6.04 Å². The summed E-state index contributed by atoms with van der Waals surface area (Å²) >= 11 is 0. The van der Waals surface area contributed by atoms with Crippen LogP contribution in [0.5, 0.6) is 0 Å². The highest BCUT2D eigenvalue weighted by Gasteiger charge is 2.24. The number of rotatable bonds is 7. The second kappa shape index (κ2) is 11.6. The summed E-state index contributed by atoms with van der Waals surface area (Å²) in [6.07, 6.45) is 5.34. The SMILES string of the molecule is CN=C(NCCc1ccccn1)NC[C@H]1CCCN1CC(C)C.I. The lowest BCUT2D eigenvalue weighted by Gasteiger charge is -2.27. The van der Waals surface area contributed by atoms with Crippen LogP contribution in [0.25, 0.3) is 0 Å². The molecule has 0 aromatic carbocycles. The van der Waals surface area contributed by atoms with Gasteiger partial charge in [-0.1, -0.05) is 19.9 Å². The summed E-state index contributed by atoms with van der Waals surface area (Å²) in [5.41, 5.74) is 1.11. The van der Waals surface area contributed by atoms with Gasteiger partial charge in [-0.3, -0.25) is 14.9 Å². The van der Waals surface area contributed by atoms with Crippen molar-refractivity contribution in [2.24, 2.45) is 10.9 Å². The third kappa shape index (κ3) is 7.34. The average Bonchev–Trinajstić information content (AvgIpc) is 2.98. The second-order valence-electron chi connectivity index (χ2n) is 6.64. The van der Waals surface area contributed by atoms with Crippen LogP contribution in [0.3, 0.4) is 0 Å². The number of pyridine rings is 1. The van der Waals surface area contributed by atoms with Gasteiger partial charge in [-0.05, 0) is 37.4 Å². The van der Waals surface area contributed by atoms with E-state index in [1.54, 1.807) is 0 Å². The summed E-state index contributed by atoms with van der Waals surface area (Å²) in [6.45, 7) is 8.82. The Morgan fingerprint density at radius 3 is 2.88 bits per heavy atom. The van der Waals surface area contributed by atoms with Crippen molar-refractivity contribution in [2.45, 2.75) is 39.2 Å². The minimum Gasteiger partial charge on any atom is -0.356 e. The van der Waals surface area contributed by atoms with Crippen LogP contribution in [0.4, 0.5) is 0 Å². The van der Waals surface area contributed by atoms with Crippen molar-refractivity contribution in [2.75, 3.05) is 33.2 Å². The van der Waals surface area contributed by atoms with Crippen molar-refractivity contribution in [1.29, 1.82) is 0 Å². The van der Waals surface area contributed by atoms with Gasteiger partial charge >= 0.3 is 0 Å². The summed E-state index contributed by atoms with van der Waals surface area (Å²) in [5.74, 6) is 1.61. The molecule has 1 atom stereocenters. The van der Waals surface area contributed by atoms with E-state index in [1.807, 2.05) is 25.4 Å². The molecular weight excluding hydrogens is 413 g/mol. The molecule has 0 bridgehead atoms. The standard InChI is InChI=1S/C18H31N5.HI/c1-15(2)14-23-12-6-8-17(23)13-22-18(19-3)21-11-9-16-7-4-5-10-20-16;/h4-5,7,10,15,17H,6,8-9,11-14H2,1-3H3,(H2,19,21,22);1H/t17-;/m1./s1. The van der Waals surface area contributed by atoms with Crippen LogP contribution in [0, 0.1) is 5.92 Å². The van der Waals surface area contributed by atoms with Crippen molar-refractivity contribution in [3.63, 3.8) is 0 Å². The lowest BCUT2D eigenvalue weighted by Crippen LogP contribution is -2.46. The zero-order valence-electron chi connectivity index (χ0n) is 15.2. The number of halogens is 1. The van der Waals surface area contributed by atoms with E-state index in [-0.39, 0.29) is 24.0 Å². The molecule has 136 valence electrons. The number of likely N-dealkylation sites (tertiary alicyclic amines) is 1. The number of hydrogen-bond donors (Lipinski definition) is 2. The predicted molar refractivity (Wildman–Crippen MR) is 112 cm³/mol.